The molecule has 0 aliphatic rings. The summed E-state index contributed by atoms with van der Waals surface area (Å²) in [4.78, 5) is 0.0819. The van der Waals surface area contributed by atoms with Gasteiger partial charge in [0.2, 0.25) is 10.0 Å². The van der Waals surface area contributed by atoms with E-state index in [0.717, 1.165) is 0 Å². The van der Waals surface area contributed by atoms with E-state index >= 15 is 0 Å². The smallest absolute Gasteiger partial charge is 0.238 e. The van der Waals surface area contributed by atoms with Crippen LogP contribution in [-0.4, -0.2) is 8.42 Å². The van der Waals surface area contributed by atoms with Crippen LogP contribution in [0.25, 0.3) is 0 Å². The van der Waals surface area contributed by atoms with Crippen molar-refractivity contribution in [2.45, 2.75) is 11.8 Å². The van der Waals surface area contributed by atoms with Crippen molar-refractivity contribution in [1.82, 2.24) is 5.73 Å². The fourth-order valence-corrected chi connectivity index (χ4v) is 1.73. The Labute approximate surface area is 71.2 Å². The van der Waals surface area contributed by atoms with Gasteiger partial charge in [-0.25, -0.2) is 13.6 Å². The summed E-state index contributed by atoms with van der Waals surface area (Å²) >= 11 is 0. The van der Waals surface area contributed by atoms with Gasteiger partial charge in [0.1, 0.15) is 0 Å². The monoisotopic (exact) mass is 185 g/mol. The van der Waals surface area contributed by atoms with Crippen molar-refractivity contribution in [2.75, 3.05) is 0 Å². The van der Waals surface area contributed by atoms with Gasteiger partial charge < -0.3 is 5.73 Å². The first-order valence-electron chi connectivity index (χ1n) is 3.26. The highest BCUT2D eigenvalue weighted by molar-refractivity contribution is 7.89. The maximum Gasteiger partial charge on any atom is 0.238 e. The molecule has 3 N–H and O–H groups in total. The number of nitrogens with two attached hydrogens (primary N) is 1. The highest BCUT2D eigenvalue weighted by atomic mass is 32.2. The van der Waals surface area contributed by atoms with Crippen LogP contribution in [0.2, 0.25) is 0 Å². The van der Waals surface area contributed by atoms with Gasteiger partial charge in [0.05, 0.1) is 10.6 Å². The Morgan fingerprint density at radius 3 is 2.42 bits per heavy atom. The van der Waals surface area contributed by atoms with Crippen LogP contribution in [0, 0.1) is 6.92 Å². The second-order valence-electron chi connectivity index (χ2n) is 2.53. The van der Waals surface area contributed by atoms with Crippen molar-refractivity contribution >= 4 is 15.7 Å². The lowest BCUT2D eigenvalue weighted by Gasteiger charge is -2.02. The Hall–Kier alpha value is -1.07. The lowest BCUT2D eigenvalue weighted by atomic mass is 10.2. The molecular weight excluding hydrogens is 176 g/mol. The number of hydrogen-bond donors (Lipinski definition) is 1. The minimum atomic E-state index is -3.63. The Kier molecular flexibility index (Phi) is 2.08. The molecule has 1 rings (SSSR count). The van der Waals surface area contributed by atoms with Crippen molar-refractivity contribution in [2.24, 2.45) is 5.14 Å². The highest BCUT2D eigenvalue weighted by Gasteiger charge is 2.10. The average molecular weight is 185 g/mol. The van der Waals surface area contributed by atoms with Gasteiger partial charge in [-0.3, -0.25) is 0 Å². The first-order valence-corrected chi connectivity index (χ1v) is 4.81. The summed E-state index contributed by atoms with van der Waals surface area (Å²) in [6.45, 7) is 1.61. The van der Waals surface area contributed by atoms with Gasteiger partial charge in [-0.15, -0.1) is 0 Å². The molecule has 0 saturated carbocycles. The van der Waals surface area contributed by atoms with E-state index in [2.05, 4.69) is 0 Å². The number of primary sulfonamides is 1. The Balaban J connectivity index is 3.39. The van der Waals surface area contributed by atoms with Crippen molar-refractivity contribution in [3.63, 3.8) is 0 Å². The molecule has 12 heavy (non-hydrogen) atoms. The van der Waals surface area contributed by atoms with E-state index in [1.807, 2.05) is 0 Å². The first kappa shape index (κ1) is 9.02. The number of rotatable bonds is 1. The van der Waals surface area contributed by atoms with Crippen molar-refractivity contribution in [3.8, 4) is 0 Å². The molecule has 5 heteroatoms. The number of hydrogen-bond acceptors (Lipinski definition) is 2. The van der Waals surface area contributed by atoms with Crippen LogP contribution in [0.3, 0.4) is 0 Å². The molecule has 0 heterocycles. The molecule has 1 radical (unpaired) electrons. The predicted octanol–water partition coefficient (Wildman–Crippen LogP) is 0.557. The Bertz CT molecular complexity index is 398. The molecule has 0 spiro atoms. The predicted molar refractivity (Wildman–Crippen MR) is 45.3 cm³/mol. The van der Waals surface area contributed by atoms with E-state index in [4.69, 9.17) is 10.9 Å². The van der Waals surface area contributed by atoms with Gasteiger partial charge in [-0.2, -0.15) is 0 Å². The van der Waals surface area contributed by atoms with E-state index in [0.29, 0.717) is 5.56 Å². The largest absolute Gasteiger partial charge is 0.301 e. The summed E-state index contributed by atoms with van der Waals surface area (Å²) in [5.41, 5.74) is 7.98. The molecule has 0 fully saturated rings. The van der Waals surface area contributed by atoms with Crippen molar-refractivity contribution in [3.05, 3.63) is 23.8 Å². The summed E-state index contributed by atoms with van der Waals surface area (Å²) in [6.07, 6.45) is 0. The van der Waals surface area contributed by atoms with E-state index in [1.165, 1.54) is 18.2 Å². The minimum absolute atomic E-state index is 0.0819. The van der Waals surface area contributed by atoms with Gasteiger partial charge in [0.15, 0.2) is 0 Å². The molecule has 0 amide bonds. The van der Waals surface area contributed by atoms with Crippen LogP contribution in [0.1, 0.15) is 5.56 Å². The number of nitrogens with one attached hydrogen (secondary N) is 1. The van der Waals surface area contributed by atoms with Gasteiger partial charge in [-0.1, -0.05) is 0 Å². The highest BCUT2D eigenvalue weighted by Crippen LogP contribution is 2.16. The van der Waals surface area contributed by atoms with Crippen LogP contribution in [0.5, 0.6) is 0 Å². The number of aryl methyl sites for hydroxylation is 1. The zero-order valence-electron chi connectivity index (χ0n) is 6.53. The van der Waals surface area contributed by atoms with Crippen LogP contribution < -0.4 is 10.9 Å². The molecular formula is C7H9N2O2S. The van der Waals surface area contributed by atoms with Crippen LogP contribution in [-0.2, 0) is 10.0 Å². The third kappa shape index (κ3) is 1.75. The van der Waals surface area contributed by atoms with E-state index in [-0.39, 0.29) is 10.6 Å². The van der Waals surface area contributed by atoms with Gasteiger partial charge in [0, 0.05) is 0 Å². The van der Waals surface area contributed by atoms with E-state index in [1.54, 1.807) is 6.92 Å². The standard InChI is InChI=1S/C7H9N2O2S/c1-5-4-6(8)2-3-7(5)12(9,10)11/h2-4,8H,1H3,(H2,9,10,11). The van der Waals surface area contributed by atoms with Gasteiger partial charge in [0.25, 0.3) is 0 Å². The molecule has 1 aromatic rings. The molecule has 0 aliphatic carbocycles. The fourth-order valence-electron chi connectivity index (χ4n) is 0.969. The van der Waals surface area contributed by atoms with E-state index in [9.17, 15) is 8.42 Å². The summed E-state index contributed by atoms with van der Waals surface area (Å²) in [5.74, 6) is 0. The zero-order chi connectivity index (χ0) is 9.35. The zero-order valence-corrected chi connectivity index (χ0v) is 7.35. The fraction of sp³-hybridized carbons (Fsp3) is 0.143. The van der Waals surface area contributed by atoms with Crippen molar-refractivity contribution < 1.29 is 8.42 Å². The van der Waals surface area contributed by atoms with Crippen LogP contribution in [0.15, 0.2) is 23.1 Å². The lowest BCUT2D eigenvalue weighted by molar-refractivity contribution is 0.597. The molecule has 65 valence electrons. The molecule has 1 aromatic carbocycles. The Morgan fingerprint density at radius 2 is 2.00 bits per heavy atom. The van der Waals surface area contributed by atoms with Crippen molar-refractivity contribution in [1.29, 1.82) is 0 Å². The third-order valence-corrected chi connectivity index (χ3v) is 2.55. The summed E-state index contributed by atoms with van der Waals surface area (Å²) in [6, 6.07) is 4.19. The SMILES string of the molecule is Cc1cc([NH])ccc1S(N)(=O)=O. The second kappa shape index (κ2) is 2.76. The van der Waals surface area contributed by atoms with Crippen LogP contribution in [0.4, 0.5) is 5.69 Å². The number of sulfonamides is 1. The lowest BCUT2D eigenvalue weighted by Crippen LogP contribution is -2.13. The summed E-state index contributed by atoms with van der Waals surface area (Å²) in [7, 11) is -3.63. The molecule has 0 atom stereocenters. The molecule has 0 unspecified atom stereocenters. The van der Waals surface area contributed by atoms with Gasteiger partial charge in [-0.05, 0) is 30.7 Å². The maximum atomic E-state index is 10.9. The van der Waals surface area contributed by atoms with Gasteiger partial charge >= 0.3 is 0 Å². The minimum Gasteiger partial charge on any atom is -0.301 e. The first-order chi connectivity index (χ1) is 5.41. The molecule has 0 aliphatic heterocycles. The summed E-state index contributed by atoms with van der Waals surface area (Å²) in [5, 5.41) is 4.92. The Morgan fingerprint density at radius 1 is 1.42 bits per heavy atom. The second-order valence-corrected chi connectivity index (χ2v) is 4.06. The molecule has 0 aromatic heterocycles. The maximum absolute atomic E-state index is 10.9. The van der Waals surface area contributed by atoms with E-state index < -0.39 is 10.0 Å². The quantitative estimate of drug-likeness (QED) is 0.693. The molecule has 4 nitrogen and oxygen atoms in total. The van der Waals surface area contributed by atoms with Crippen LogP contribution >= 0.6 is 0 Å². The number of benzene rings is 1. The topological polar surface area (TPSA) is 84.0 Å². The third-order valence-electron chi connectivity index (χ3n) is 1.48. The molecule has 0 bridgehead atoms. The molecule has 0 saturated heterocycles. The summed E-state index contributed by atoms with van der Waals surface area (Å²) < 4.78 is 21.8. The average Bonchev–Trinajstić information content (AvgIpc) is 1.83. The normalized spacial score (nSPS) is 11.5.